The molecule has 2 aromatic carbocycles. The maximum Gasteiger partial charge on any atom is 0.270 e. The van der Waals surface area contributed by atoms with E-state index in [1.54, 1.807) is 0 Å². The molecule has 1 unspecified atom stereocenters. The SMILES string of the molecule is CCCc1c(Cc2ccc(-c3ccccc3-c3nn[nH]n3)cc2)c(=O)n2n1CCCC2C1(C(=O)N(CC)CC)CCCCC1. The quantitative estimate of drug-likeness (QED) is 0.235. The molecule has 1 amide bonds. The number of hydrogen-bond acceptors (Lipinski definition) is 5. The topological polar surface area (TPSA) is 102 Å². The number of amides is 1. The number of nitrogens with one attached hydrogen (secondary N) is 1. The fraction of sp³-hybridized carbons (Fsp3) is 0.514. The maximum absolute atomic E-state index is 14.5. The summed E-state index contributed by atoms with van der Waals surface area (Å²) in [6.45, 7) is 8.58. The van der Waals surface area contributed by atoms with Crippen LogP contribution < -0.4 is 5.56 Å². The van der Waals surface area contributed by atoms with Crippen molar-refractivity contribution in [3.63, 3.8) is 0 Å². The molecule has 1 aliphatic heterocycles. The van der Waals surface area contributed by atoms with E-state index in [-0.39, 0.29) is 17.5 Å². The number of nitrogens with zero attached hydrogens (tertiary/aromatic N) is 6. The van der Waals surface area contributed by atoms with Gasteiger partial charge in [-0.2, -0.15) is 5.21 Å². The number of carbonyl (C=O) groups is 1. The predicted octanol–water partition coefficient (Wildman–Crippen LogP) is 6.19. The van der Waals surface area contributed by atoms with Crippen molar-refractivity contribution in [1.29, 1.82) is 0 Å². The van der Waals surface area contributed by atoms with Crippen molar-refractivity contribution in [2.75, 3.05) is 13.1 Å². The molecule has 3 heterocycles. The van der Waals surface area contributed by atoms with Gasteiger partial charge in [-0.1, -0.05) is 81.1 Å². The molecule has 1 aliphatic carbocycles. The molecule has 1 saturated carbocycles. The van der Waals surface area contributed by atoms with Gasteiger partial charge in [-0.3, -0.25) is 14.3 Å². The van der Waals surface area contributed by atoms with Gasteiger partial charge in [-0.25, -0.2) is 4.68 Å². The third-order valence-corrected chi connectivity index (χ3v) is 10.0. The van der Waals surface area contributed by atoms with Crippen molar-refractivity contribution in [3.8, 4) is 22.5 Å². The summed E-state index contributed by atoms with van der Waals surface area (Å²) >= 11 is 0. The Morgan fingerprint density at radius 1 is 0.977 bits per heavy atom. The van der Waals surface area contributed by atoms with E-state index < -0.39 is 5.41 Å². The molecule has 0 bridgehead atoms. The molecule has 9 heteroatoms. The number of hydrogen-bond donors (Lipinski definition) is 1. The molecule has 6 rings (SSSR count). The Morgan fingerprint density at radius 3 is 2.36 bits per heavy atom. The van der Waals surface area contributed by atoms with E-state index in [0.717, 1.165) is 97.8 Å². The Kier molecular flexibility index (Phi) is 8.82. The average molecular weight is 596 g/mol. The second-order valence-corrected chi connectivity index (χ2v) is 12.5. The fourth-order valence-electron chi connectivity index (χ4n) is 7.88. The zero-order valence-electron chi connectivity index (χ0n) is 26.4. The molecule has 0 saturated heterocycles. The number of benzene rings is 2. The maximum atomic E-state index is 14.5. The lowest BCUT2D eigenvalue weighted by Gasteiger charge is -2.47. The molecule has 232 valence electrons. The third kappa shape index (κ3) is 5.30. The first-order valence-corrected chi connectivity index (χ1v) is 16.6. The van der Waals surface area contributed by atoms with E-state index in [2.05, 4.69) is 76.4 Å². The van der Waals surface area contributed by atoms with Crippen molar-refractivity contribution in [1.82, 2.24) is 34.9 Å². The van der Waals surface area contributed by atoms with Gasteiger partial charge in [-0.15, -0.1) is 10.2 Å². The van der Waals surface area contributed by atoms with Crippen LogP contribution in [0.1, 0.15) is 95.0 Å². The smallest absolute Gasteiger partial charge is 0.270 e. The molecule has 9 nitrogen and oxygen atoms in total. The first kappa shape index (κ1) is 30.0. The summed E-state index contributed by atoms with van der Waals surface area (Å²) in [5.74, 6) is 0.815. The molecule has 44 heavy (non-hydrogen) atoms. The van der Waals surface area contributed by atoms with E-state index in [4.69, 9.17) is 0 Å². The number of fused-ring (bicyclic) bond motifs is 1. The normalized spacial score (nSPS) is 17.8. The molecule has 1 N–H and O–H groups in total. The molecular weight excluding hydrogens is 550 g/mol. The Balaban J connectivity index is 1.37. The van der Waals surface area contributed by atoms with Gasteiger partial charge in [0.25, 0.3) is 5.56 Å². The van der Waals surface area contributed by atoms with Gasteiger partial charge in [0, 0.05) is 42.9 Å². The summed E-state index contributed by atoms with van der Waals surface area (Å²) in [5.41, 5.74) is 5.75. The lowest BCUT2D eigenvalue weighted by Crippen LogP contribution is -2.53. The lowest BCUT2D eigenvalue weighted by atomic mass is 9.66. The van der Waals surface area contributed by atoms with Crippen molar-refractivity contribution < 1.29 is 4.79 Å². The first-order valence-electron chi connectivity index (χ1n) is 16.6. The molecule has 0 spiro atoms. The number of aromatic nitrogens is 6. The van der Waals surface area contributed by atoms with Gasteiger partial charge in [0.05, 0.1) is 11.5 Å². The van der Waals surface area contributed by atoms with Gasteiger partial charge in [0.1, 0.15) is 0 Å². The number of H-pyrrole nitrogens is 1. The van der Waals surface area contributed by atoms with Crippen molar-refractivity contribution in [2.24, 2.45) is 5.41 Å². The molecule has 4 aromatic rings. The van der Waals surface area contributed by atoms with Gasteiger partial charge in [0.15, 0.2) is 0 Å². The van der Waals surface area contributed by atoms with Gasteiger partial charge in [-0.05, 0) is 67.9 Å². The lowest BCUT2D eigenvalue weighted by molar-refractivity contribution is -0.149. The first-order chi connectivity index (χ1) is 21.5. The van der Waals surface area contributed by atoms with Gasteiger partial charge >= 0.3 is 0 Å². The van der Waals surface area contributed by atoms with Crippen LogP contribution in [0.25, 0.3) is 22.5 Å². The van der Waals surface area contributed by atoms with E-state index in [1.807, 2.05) is 27.8 Å². The van der Waals surface area contributed by atoms with Crippen LogP contribution in [0.15, 0.2) is 53.3 Å². The number of carbonyl (C=O) groups excluding carboxylic acids is 1. The molecular formula is C35H45N7O2. The van der Waals surface area contributed by atoms with Gasteiger partial charge in [0.2, 0.25) is 11.7 Å². The highest BCUT2D eigenvalue weighted by Crippen LogP contribution is 2.49. The molecule has 0 radical (unpaired) electrons. The molecule has 1 fully saturated rings. The van der Waals surface area contributed by atoms with Crippen LogP contribution in [-0.2, 0) is 24.2 Å². The fourth-order valence-corrected chi connectivity index (χ4v) is 7.88. The van der Waals surface area contributed by atoms with Gasteiger partial charge < -0.3 is 4.90 Å². The Bertz CT molecular complexity index is 1620. The number of tetrazole rings is 1. The van der Waals surface area contributed by atoms with E-state index in [1.165, 1.54) is 0 Å². The standard InChI is InChI=1S/C35H45N7O2/c1-4-13-30-29(24-25-17-19-26(20-18-25)27-14-8-9-15-28(27)32-36-38-39-37-32)33(43)42-31(16-12-23-41(30)42)35(21-10-7-11-22-35)34(44)40(5-2)6-3/h8-9,14-15,17-20,31H,4-7,10-13,16,21-24H2,1-3H3,(H,36,37,38,39). The van der Waals surface area contributed by atoms with E-state index in [9.17, 15) is 9.59 Å². The minimum absolute atomic E-state index is 0.0921. The molecule has 1 atom stereocenters. The van der Waals surface area contributed by atoms with Crippen LogP contribution in [0.3, 0.4) is 0 Å². The number of rotatable bonds is 10. The Hall–Kier alpha value is -4.01. The monoisotopic (exact) mass is 595 g/mol. The second-order valence-electron chi connectivity index (χ2n) is 12.5. The summed E-state index contributed by atoms with van der Waals surface area (Å²) in [7, 11) is 0. The van der Waals surface area contributed by atoms with E-state index >= 15 is 0 Å². The van der Waals surface area contributed by atoms with Crippen molar-refractivity contribution >= 4 is 5.91 Å². The summed E-state index contributed by atoms with van der Waals surface area (Å²) in [6, 6.07) is 16.4. The summed E-state index contributed by atoms with van der Waals surface area (Å²) in [4.78, 5) is 30.8. The summed E-state index contributed by atoms with van der Waals surface area (Å²) < 4.78 is 4.32. The third-order valence-electron chi connectivity index (χ3n) is 10.0. The average Bonchev–Trinajstić information content (AvgIpc) is 3.70. The van der Waals surface area contributed by atoms with Crippen LogP contribution in [0.5, 0.6) is 0 Å². The van der Waals surface area contributed by atoms with Crippen LogP contribution in [-0.4, -0.2) is 53.9 Å². The highest BCUT2D eigenvalue weighted by Gasteiger charge is 2.50. The van der Waals surface area contributed by atoms with Crippen LogP contribution in [0, 0.1) is 5.41 Å². The highest BCUT2D eigenvalue weighted by molar-refractivity contribution is 5.83. The van der Waals surface area contributed by atoms with Crippen molar-refractivity contribution in [3.05, 3.63) is 75.7 Å². The van der Waals surface area contributed by atoms with Crippen LogP contribution >= 0.6 is 0 Å². The number of aromatic amines is 1. The van der Waals surface area contributed by atoms with Crippen LogP contribution in [0.2, 0.25) is 0 Å². The minimum atomic E-state index is -0.501. The highest BCUT2D eigenvalue weighted by atomic mass is 16.2. The zero-order chi connectivity index (χ0) is 30.7. The predicted molar refractivity (Wildman–Crippen MR) is 172 cm³/mol. The largest absolute Gasteiger partial charge is 0.343 e. The second kappa shape index (κ2) is 12.9. The molecule has 2 aromatic heterocycles. The van der Waals surface area contributed by atoms with E-state index in [0.29, 0.717) is 25.3 Å². The molecule has 2 aliphatic rings. The Morgan fingerprint density at radius 2 is 1.70 bits per heavy atom. The van der Waals surface area contributed by atoms with Crippen molar-refractivity contribution in [2.45, 2.75) is 97.6 Å². The van der Waals surface area contributed by atoms with Crippen LogP contribution in [0.4, 0.5) is 0 Å². The summed E-state index contributed by atoms with van der Waals surface area (Å²) in [6.07, 6.45) is 9.30. The Labute approximate surface area is 259 Å². The summed E-state index contributed by atoms with van der Waals surface area (Å²) in [5, 5.41) is 14.6. The zero-order valence-corrected chi connectivity index (χ0v) is 26.4. The minimum Gasteiger partial charge on any atom is -0.343 e.